The lowest BCUT2D eigenvalue weighted by molar-refractivity contribution is -0.141. The standard InChI is InChI=1S/C23H22F3N3O3/c1-13-19-16(30)10-22(2,3)11-17(19)32-20(13)21(31)27-12-14-4-6-15(7-5-14)29-9-8-18(28-29)23(24,25)26/h4-9H,10-12H2,1-3H3,(H,27,31). The first-order valence-corrected chi connectivity index (χ1v) is 10.1. The normalized spacial score (nSPS) is 15.5. The molecule has 0 spiro atoms. The Balaban J connectivity index is 1.44. The first-order valence-electron chi connectivity index (χ1n) is 10.1. The third-order valence-electron chi connectivity index (χ3n) is 5.52. The maximum absolute atomic E-state index is 12.7. The zero-order chi connectivity index (χ0) is 23.3. The lowest BCUT2D eigenvalue weighted by atomic mass is 9.76. The van der Waals surface area contributed by atoms with E-state index in [4.69, 9.17) is 4.42 Å². The van der Waals surface area contributed by atoms with Gasteiger partial charge in [0, 0.05) is 31.1 Å². The summed E-state index contributed by atoms with van der Waals surface area (Å²) < 4.78 is 45.1. The van der Waals surface area contributed by atoms with Crippen molar-refractivity contribution in [2.24, 2.45) is 5.41 Å². The molecular weight excluding hydrogens is 423 g/mol. The van der Waals surface area contributed by atoms with Gasteiger partial charge in [-0.15, -0.1) is 0 Å². The fourth-order valence-electron chi connectivity index (χ4n) is 3.95. The molecule has 1 amide bonds. The molecule has 1 aliphatic carbocycles. The Labute approximate surface area is 182 Å². The van der Waals surface area contributed by atoms with Crippen LogP contribution >= 0.6 is 0 Å². The third kappa shape index (κ3) is 4.19. The number of hydrogen-bond donors (Lipinski definition) is 1. The molecule has 1 N–H and O–H groups in total. The van der Waals surface area contributed by atoms with Crippen LogP contribution in [-0.4, -0.2) is 21.5 Å². The maximum atomic E-state index is 12.7. The van der Waals surface area contributed by atoms with Gasteiger partial charge in [-0.1, -0.05) is 26.0 Å². The van der Waals surface area contributed by atoms with E-state index in [0.717, 1.165) is 16.3 Å². The highest BCUT2D eigenvalue weighted by atomic mass is 19.4. The summed E-state index contributed by atoms with van der Waals surface area (Å²) in [5.74, 6) is 0.248. The summed E-state index contributed by atoms with van der Waals surface area (Å²) in [6.07, 6.45) is -2.26. The molecule has 3 aromatic rings. The molecule has 9 heteroatoms. The van der Waals surface area contributed by atoms with E-state index < -0.39 is 17.8 Å². The summed E-state index contributed by atoms with van der Waals surface area (Å²) >= 11 is 0. The fraction of sp³-hybridized carbons (Fsp3) is 0.348. The van der Waals surface area contributed by atoms with E-state index in [9.17, 15) is 22.8 Å². The van der Waals surface area contributed by atoms with Crippen LogP contribution in [0.15, 0.2) is 40.9 Å². The first kappa shape index (κ1) is 21.9. The molecule has 168 valence electrons. The van der Waals surface area contributed by atoms with Crippen LogP contribution in [0.4, 0.5) is 13.2 Å². The van der Waals surface area contributed by atoms with Gasteiger partial charge in [0.15, 0.2) is 17.2 Å². The summed E-state index contributed by atoms with van der Waals surface area (Å²) in [5, 5.41) is 6.30. The smallest absolute Gasteiger partial charge is 0.435 e. The Morgan fingerprint density at radius 3 is 2.50 bits per heavy atom. The second kappa shape index (κ2) is 7.65. The number of Topliss-reactive ketones (excluding diaryl/α,β-unsaturated/α-hetero) is 1. The predicted molar refractivity (Wildman–Crippen MR) is 110 cm³/mol. The van der Waals surface area contributed by atoms with Gasteiger partial charge in [-0.3, -0.25) is 9.59 Å². The van der Waals surface area contributed by atoms with Crippen LogP contribution in [0.5, 0.6) is 0 Å². The monoisotopic (exact) mass is 445 g/mol. The predicted octanol–water partition coefficient (Wildman–Crippen LogP) is 4.88. The molecule has 0 atom stereocenters. The van der Waals surface area contributed by atoms with E-state index in [-0.39, 0.29) is 23.5 Å². The minimum Gasteiger partial charge on any atom is -0.455 e. The van der Waals surface area contributed by atoms with Crippen LogP contribution in [0.25, 0.3) is 5.69 Å². The van der Waals surface area contributed by atoms with E-state index in [0.29, 0.717) is 35.4 Å². The lowest BCUT2D eigenvalue weighted by Crippen LogP contribution is -2.26. The van der Waals surface area contributed by atoms with Crippen molar-refractivity contribution in [3.05, 3.63) is 70.4 Å². The summed E-state index contributed by atoms with van der Waals surface area (Å²) in [6.45, 7) is 5.88. The number of aromatic nitrogens is 2. The van der Waals surface area contributed by atoms with Gasteiger partial charge < -0.3 is 9.73 Å². The quantitative estimate of drug-likeness (QED) is 0.621. The molecule has 2 heterocycles. The molecule has 2 aromatic heterocycles. The van der Waals surface area contributed by atoms with E-state index in [1.807, 2.05) is 13.8 Å². The molecule has 0 bridgehead atoms. The second-order valence-electron chi connectivity index (χ2n) is 8.79. The van der Waals surface area contributed by atoms with Crippen molar-refractivity contribution in [3.63, 3.8) is 0 Å². The largest absolute Gasteiger partial charge is 0.455 e. The Morgan fingerprint density at radius 1 is 1.19 bits per heavy atom. The molecular formula is C23H22F3N3O3. The Kier molecular flexibility index (Phi) is 5.22. The minimum atomic E-state index is -4.50. The van der Waals surface area contributed by atoms with Gasteiger partial charge in [0.1, 0.15) is 5.76 Å². The molecule has 0 unspecified atom stereocenters. The van der Waals surface area contributed by atoms with Gasteiger partial charge >= 0.3 is 6.18 Å². The number of benzene rings is 1. The number of carbonyl (C=O) groups excluding carboxylic acids is 2. The molecule has 4 rings (SSSR count). The van der Waals surface area contributed by atoms with Gasteiger partial charge in [0.25, 0.3) is 5.91 Å². The molecule has 0 radical (unpaired) electrons. The van der Waals surface area contributed by atoms with Crippen LogP contribution in [0, 0.1) is 12.3 Å². The van der Waals surface area contributed by atoms with Gasteiger partial charge in [-0.25, -0.2) is 4.68 Å². The zero-order valence-corrected chi connectivity index (χ0v) is 17.8. The SMILES string of the molecule is Cc1c(C(=O)NCc2ccc(-n3ccc(C(F)(F)F)n3)cc2)oc2c1C(=O)CC(C)(C)C2. The Hall–Kier alpha value is -3.36. The van der Waals surface area contributed by atoms with Crippen molar-refractivity contribution in [1.29, 1.82) is 0 Å². The number of ketones is 1. The van der Waals surface area contributed by atoms with Gasteiger partial charge in [0.05, 0.1) is 11.3 Å². The second-order valence-corrected chi connectivity index (χ2v) is 8.79. The Morgan fingerprint density at radius 2 is 1.88 bits per heavy atom. The molecule has 0 fully saturated rings. The van der Waals surface area contributed by atoms with Gasteiger partial charge in [0.2, 0.25) is 0 Å². The molecule has 1 aromatic carbocycles. The number of hydrogen-bond acceptors (Lipinski definition) is 4. The van der Waals surface area contributed by atoms with Crippen LogP contribution in [0.2, 0.25) is 0 Å². The van der Waals surface area contributed by atoms with E-state index in [2.05, 4.69) is 10.4 Å². The average molecular weight is 445 g/mol. The first-order chi connectivity index (χ1) is 14.9. The van der Waals surface area contributed by atoms with Crippen LogP contribution in [-0.2, 0) is 19.1 Å². The summed E-state index contributed by atoms with van der Waals surface area (Å²) in [4.78, 5) is 25.2. The number of rotatable bonds is 4. The van der Waals surface area contributed by atoms with E-state index >= 15 is 0 Å². The number of nitrogens with zero attached hydrogens (tertiary/aromatic N) is 2. The number of fused-ring (bicyclic) bond motifs is 1. The molecule has 32 heavy (non-hydrogen) atoms. The van der Waals surface area contributed by atoms with Crippen molar-refractivity contribution in [1.82, 2.24) is 15.1 Å². The van der Waals surface area contributed by atoms with Crippen LogP contribution < -0.4 is 5.32 Å². The highest BCUT2D eigenvalue weighted by Gasteiger charge is 2.37. The summed E-state index contributed by atoms with van der Waals surface area (Å²) in [5.41, 5.74) is 1.10. The summed E-state index contributed by atoms with van der Waals surface area (Å²) in [7, 11) is 0. The van der Waals surface area contributed by atoms with Crippen molar-refractivity contribution in [2.75, 3.05) is 0 Å². The highest BCUT2D eigenvalue weighted by Crippen LogP contribution is 2.38. The van der Waals surface area contributed by atoms with Crippen LogP contribution in [0.1, 0.15) is 63.8 Å². The van der Waals surface area contributed by atoms with Crippen molar-refractivity contribution < 1.29 is 27.2 Å². The summed E-state index contributed by atoms with van der Waals surface area (Å²) in [6, 6.07) is 7.52. The number of nitrogens with one attached hydrogen (secondary N) is 1. The van der Waals surface area contributed by atoms with Crippen molar-refractivity contribution >= 4 is 11.7 Å². The van der Waals surface area contributed by atoms with Crippen LogP contribution in [0.3, 0.4) is 0 Å². The number of furan rings is 1. The topological polar surface area (TPSA) is 77.1 Å². The molecule has 0 saturated carbocycles. The molecule has 6 nitrogen and oxygen atoms in total. The minimum absolute atomic E-state index is 0.0144. The van der Waals surface area contributed by atoms with E-state index in [1.165, 1.54) is 6.20 Å². The number of halogens is 3. The highest BCUT2D eigenvalue weighted by molar-refractivity contribution is 6.03. The van der Waals surface area contributed by atoms with Crippen molar-refractivity contribution in [3.8, 4) is 5.69 Å². The molecule has 1 aliphatic rings. The lowest BCUT2D eigenvalue weighted by Gasteiger charge is -2.27. The molecule has 0 saturated heterocycles. The Bertz CT molecular complexity index is 1190. The number of carbonyl (C=O) groups is 2. The zero-order valence-electron chi connectivity index (χ0n) is 17.8. The number of amides is 1. The average Bonchev–Trinajstić information content (AvgIpc) is 3.31. The van der Waals surface area contributed by atoms with Crippen molar-refractivity contribution in [2.45, 2.75) is 46.3 Å². The number of alkyl halides is 3. The third-order valence-corrected chi connectivity index (χ3v) is 5.52. The van der Waals surface area contributed by atoms with E-state index in [1.54, 1.807) is 31.2 Å². The van der Waals surface area contributed by atoms with Gasteiger partial charge in [-0.05, 0) is 36.1 Å². The maximum Gasteiger partial charge on any atom is 0.435 e. The fourth-order valence-corrected chi connectivity index (χ4v) is 3.95. The molecule has 0 aliphatic heterocycles. The van der Waals surface area contributed by atoms with Gasteiger partial charge in [-0.2, -0.15) is 18.3 Å².